The molecule has 3 rings (SSSR count). The number of hydrogen-bond acceptors (Lipinski definition) is 5. The summed E-state index contributed by atoms with van der Waals surface area (Å²) in [5.41, 5.74) is 0.959. The van der Waals surface area contributed by atoms with E-state index in [2.05, 4.69) is 15.5 Å². The van der Waals surface area contributed by atoms with Crippen LogP contribution in [0.4, 0.5) is 4.39 Å². The monoisotopic (exact) mass is 405 g/mol. The van der Waals surface area contributed by atoms with E-state index in [1.165, 1.54) is 30.4 Å². The molecular weight excluding hydrogens is 381 g/mol. The maximum Gasteiger partial charge on any atom is 0.261 e. The molecule has 2 N–H and O–H groups in total. The maximum absolute atomic E-state index is 13.3. The first kappa shape index (κ1) is 20.4. The van der Waals surface area contributed by atoms with Gasteiger partial charge in [0, 0.05) is 31.4 Å². The fourth-order valence-electron chi connectivity index (χ4n) is 3.11. The summed E-state index contributed by atoms with van der Waals surface area (Å²) < 4.78 is 18.7. The molecule has 2 heterocycles. The summed E-state index contributed by atoms with van der Waals surface area (Å²) in [5, 5.41) is 5.72. The molecule has 1 aliphatic heterocycles. The van der Waals surface area contributed by atoms with Crippen LogP contribution < -0.4 is 10.6 Å². The maximum atomic E-state index is 13.3. The van der Waals surface area contributed by atoms with Gasteiger partial charge in [0.25, 0.3) is 5.91 Å². The van der Waals surface area contributed by atoms with E-state index in [4.69, 9.17) is 4.74 Å². The highest BCUT2D eigenvalue weighted by molar-refractivity contribution is 7.14. The number of morpholine rings is 1. The lowest BCUT2D eigenvalue weighted by Crippen LogP contribution is -2.43. The van der Waals surface area contributed by atoms with Crippen molar-refractivity contribution in [3.63, 3.8) is 0 Å². The number of thiophene rings is 1. The third kappa shape index (κ3) is 5.60. The number of carbonyl (C=O) groups is 2. The van der Waals surface area contributed by atoms with Crippen molar-refractivity contribution in [2.75, 3.05) is 32.8 Å². The molecule has 6 nitrogen and oxygen atoms in total. The van der Waals surface area contributed by atoms with Gasteiger partial charge in [-0.2, -0.15) is 0 Å². The van der Waals surface area contributed by atoms with Crippen molar-refractivity contribution in [1.82, 2.24) is 15.5 Å². The van der Waals surface area contributed by atoms with Gasteiger partial charge in [0.05, 0.1) is 30.7 Å². The Hall–Kier alpha value is -2.29. The average Bonchev–Trinajstić information content (AvgIpc) is 3.18. The number of amides is 2. The average molecular weight is 405 g/mol. The molecule has 1 unspecified atom stereocenters. The molecule has 2 aromatic rings. The summed E-state index contributed by atoms with van der Waals surface area (Å²) in [6, 6.07) is 9.97. The van der Waals surface area contributed by atoms with E-state index in [1.807, 2.05) is 6.07 Å². The highest BCUT2D eigenvalue weighted by Crippen LogP contribution is 2.22. The normalized spacial score (nSPS) is 15.8. The summed E-state index contributed by atoms with van der Waals surface area (Å²) in [6.07, 6.45) is 0. The predicted octanol–water partition coefficient (Wildman–Crippen LogP) is 2.33. The summed E-state index contributed by atoms with van der Waals surface area (Å²) in [4.78, 5) is 27.4. The zero-order valence-corrected chi connectivity index (χ0v) is 16.6. The number of carbonyl (C=O) groups excluding carboxylic acids is 2. The van der Waals surface area contributed by atoms with Gasteiger partial charge in [0.15, 0.2) is 0 Å². The first-order chi connectivity index (χ1) is 13.5. The van der Waals surface area contributed by atoms with Gasteiger partial charge in [-0.1, -0.05) is 12.1 Å². The van der Waals surface area contributed by atoms with Crippen molar-refractivity contribution in [2.45, 2.75) is 19.5 Å². The molecule has 2 amide bonds. The Morgan fingerprint density at radius 2 is 1.86 bits per heavy atom. The molecule has 0 spiro atoms. The molecule has 1 aromatic carbocycles. The Morgan fingerprint density at radius 3 is 2.54 bits per heavy atom. The minimum absolute atomic E-state index is 0.0488. The largest absolute Gasteiger partial charge is 0.379 e. The smallest absolute Gasteiger partial charge is 0.261 e. The molecule has 1 saturated heterocycles. The van der Waals surface area contributed by atoms with E-state index in [-0.39, 0.29) is 23.7 Å². The fourth-order valence-corrected chi connectivity index (χ4v) is 3.98. The number of nitrogens with one attached hydrogen (secondary N) is 2. The number of rotatable bonds is 7. The van der Waals surface area contributed by atoms with Gasteiger partial charge in [-0.05, 0) is 29.8 Å². The summed E-state index contributed by atoms with van der Waals surface area (Å²) in [5.74, 6) is -0.537. The molecule has 0 radical (unpaired) electrons. The van der Waals surface area contributed by atoms with Gasteiger partial charge in [-0.15, -0.1) is 11.3 Å². The van der Waals surface area contributed by atoms with Gasteiger partial charge >= 0.3 is 0 Å². The van der Waals surface area contributed by atoms with Crippen LogP contribution in [0.5, 0.6) is 0 Å². The molecule has 1 aliphatic rings. The number of benzene rings is 1. The zero-order chi connectivity index (χ0) is 19.9. The minimum Gasteiger partial charge on any atom is -0.379 e. The lowest BCUT2D eigenvalue weighted by molar-refractivity contribution is -0.119. The molecule has 1 fully saturated rings. The molecular formula is C20H24FN3O3S. The van der Waals surface area contributed by atoms with Gasteiger partial charge in [0.2, 0.25) is 5.91 Å². The Kier molecular flexibility index (Phi) is 7.13. The van der Waals surface area contributed by atoms with Crippen molar-refractivity contribution in [3.05, 3.63) is 57.5 Å². The number of hydrogen-bond donors (Lipinski definition) is 2. The van der Waals surface area contributed by atoms with Gasteiger partial charge in [-0.25, -0.2) is 4.39 Å². The van der Waals surface area contributed by atoms with Gasteiger partial charge in [0.1, 0.15) is 5.82 Å². The standard InChI is InChI=1S/C20H24FN3O3S/c1-14(25)22-12-17-6-7-19(28-17)20(26)23-13-18(24-8-10-27-11-9-24)15-2-4-16(21)5-3-15/h2-7,18H,8-13H2,1H3,(H,22,25)(H,23,26). The van der Waals surface area contributed by atoms with Crippen molar-refractivity contribution >= 4 is 23.2 Å². The molecule has 1 aromatic heterocycles. The quantitative estimate of drug-likeness (QED) is 0.742. The molecule has 1 atom stereocenters. The summed E-state index contributed by atoms with van der Waals surface area (Å²) in [7, 11) is 0. The second kappa shape index (κ2) is 9.77. The molecule has 0 saturated carbocycles. The Balaban J connectivity index is 1.64. The second-order valence-electron chi connectivity index (χ2n) is 6.60. The first-order valence-corrected chi connectivity index (χ1v) is 10.0. The second-order valence-corrected chi connectivity index (χ2v) is 7.77. The molecule has 0 aliphatic carbocycles. The summed E-state index contributed by atoms with van der Waals surface area (Å²) >= 11 is 1.36. The molecule has 28 heavy (non-hydrogen) atoms. The van der Waals surface area contributed by atoms with E-state index in [0.29, 0.717) is 31.2 Å². The number of halogens is 1. The summed E-state index contributed by atoms with van der Waals surface area (Å²) in [6.45, 7) is 5.10. The van der Waals surface area contributed by atoms with E-state index in [1.54, 1.807) is 18.2 Å². The number of ether oxygens (including phenoxy) is 1. The van der Waals surface area contributed by atoms with Crippen LogP contribution >= 0.6 is 11.3 Å². The van der Waals surface area contributed by atoms with Crippen LogP contribution in [0.1, 0.15) is 33.1 Å². The third-order valence-corrected chi connectivity index (χ3v) is 5.68. The van der Waals surface area contributed by atoms with Crippen molar-refractivity contribution in [2.24, 2.45) is 0 Å². The Labute approximate surface area is 167 Å². The predicted molar refractivity (Wildman–Crippen MR) is 106 cm³/mol. The zero-order valence-electron chi connectivity index (χ0n) is 15.7. The van der Waals surface area contributed by atoms with Crippen LogP contribution in [-0.4, -0.2) is 49.6 Å². The van der Waals surface area contributed by atoms with E-state index >= 15 is 0 Å². The van der Waals surface area contributed by atoms with Crippen molar-refractivity contribution in [1.29, 1.82) is 0 Å². The van der Waals surface area contributed by atoms with Crippen molar-refractivity contribution < 1.29 is 18.7 Å². The van der Waals surface area contributed by atoms with E-state index in [0.717, 1.165) is 23.5 Å². The van der Waals surface area contributed by atoms with Crippen LogP contribution in [0.15, 0.2) is 36.4 Å². The lowest BCUT2D eigenvalue weighted by atomic mass is 10.0. The Morgan fingerprint density at radius 1 is 1.14 bits per heavy atom. The van der Waals surface area contributed by atoms with Crippen LogP contribution in [0.3, 0.4) is 0 Å². The first-order valence-electron chi connectivity index (χ1n) is 9.21. The van der Waals surface area contributed by atoms with Crippen LogP contribution in [0.25, 0.3) is 0 Å². The highest BCUT2D eigenvalue weighted by Gasteiger charge is 2.23. The van der Waals surface area contributed by atoms with Crippen LogP contribution in [0, 0.1) is 5.82 Å². The van der Waals surface area contributed by atoms with Crippen molar-refractivity contribution in [3.8, 4) is 0 Å². The third-order valence-electron chi connectivity index (χ3n) is 4.59. The van der Waals surface area contributed by atoms with E-state index in [9.17, 15) is 14.0 Å². The number of nitrogens with zero attached hydrogens (tertiary/aromatic N) is 1. The van der Waals surface area contributed by atoms with E-state index < -0.39 is 0 Å². The minimum atomic E-state index is -0.279. The molecule has 150 valence electrons. The van der Waals surface area contributed by atoms with Crippen LogP contribution in [0.2, 0.25) is 0 Å². The highest BCUT2D eigenvalue weighted by atomic mass is 32.1. The Bertz CT molecular complexity index is 803. The van der Waals surface area contributed by atoms with Gasteiger partial charge in [-0.3, -0.25) is 14.5 Å². The molecule has 8 heteroatoms. The molecule has 0 bridgehead atoms. The van der Waals surface area contributed by atoms with Gasteiger partial charge < -0.3 is 15.4 Å². The fraction of sp³-hybridized carbons (Fsp3) is 0.400. The lowest BCUT2D eigenvalue weighted by Gasteiger charge is -2.34. The van der Waals surface area contributed by atoms with Crippen LogP contribution in [-0.2, 0) is 16.1 Å². The SMILES string of the molecule is CC(=O)NCc1ccc(C(=O)NCC(c2ccc(F)cc2)N2CCOCC2)s1. The topological polar surface area (TPSA) is 70.7 Å².